The fourth-order valence-corrected chi connectivity index (χ4v) is 6.22. The number of hydrogen-bond acceptors (Lipinski definition) is 6. The number of benzene rings is 1. The Morgan fingerprint density at radius 3 is 2.66 bits per heavy atom. The highest BCUT2D eigenvalue weighted by Crippen LogP contribution is 2.35. The Morgan fingerprint density at radius 1 is 1.31 bits per heavy atom. The number of halogens is 1. The number of amides is 1. The molecule has 9 nitrogen and oxygen atoms in total. The summed E-state index contributed by atoms with van der Waals surface area (Å²) in [6.45, 7) is 2.09. The number of carbonyl (C=O) groups is 1. The molecule has 11 heteroatoms. The summed E-state index contributed by atoms with van der Waals surface area (Å²) < 4.78 is 54.1. The van der Waals surface area contributed by atoms with Crippen molar-refractivity contribution >= 4 is 16.3 Å². The Hall–Kier alpha value is -2.26. The van der Waals surface area contributed by atoms with Gasteiger partial charge in [-0.05, 0) is 62.6 Å². The highest BCUT2D eigenvalue weighted by Gasteiger charge is 2.45. The third-order valence-corrected chi connectivity index (χ3v) is 8.63. The summed E-state index contributed by atoms with van der Waals surface area (Å²) in [6, 6.07) is 7.33. The van der Waals surface area contributed by atoms with Crippen LogP contribution in [0.25, 0.3) is 0 Å². The van der Waals surface area contributed by atoms with E-state index in [-0.39, 0.29) is 43.5 Å². The summed E-state index contributed by atoms with van der Waals surface area (Å²) in [5.74, 6) is 0.0537. The van der Waals surface area contributed by atoms with E-state index in [1.54, 1.807) is 17.0 Å². The van der Waals surface area contributed by atoms with Crippen LogP contribution < -0.4 is 4.72 Å². The Morgan fingerprint density at radius 2 is 2.03 bits per heavy atom. The molecule has 1 heterocycles. The fraction of sp³-hybridized carbons (Fsp3) is 0.667. The number of rotatable bonds is 9. The summed E-state index contributed by atoms with van der Waals surface area (Å²) in [4.78, 5) is 14.0. The Kier molecular flexibility index (Phi) is 9.47. The molecule has 1 aliphatic carbocycles. The Labute approximate surface area is 207 Å². The number of ether oxygens (including phenoxy) is 2. The molecule has 3 atom stereocenters. The van der Waals surface area contributed by atoms with Gasteiger partial charge in [0.05, 0.1) is 31.9 Å². The normalized spacial score (nSPS) is 27.1. The number of hydrogen-bond donors (Lipinski definition) is 1. The maximum atomic E-state index is 13.6. The number of nitrogens with zero attached hydrogens (tertiary/aromatic N) is 3. The van der Waals surface area contributed by atoms with Gasteiger partial charge in [-0.2, -0.15) is 22.7 Å². The monoisotopic (exact) mass is 510 g/mol. The van der Waals surface area contributed by atoms with Crippen LogP contribution >= 0.6 is 0 Å². The van der Waals surface area contributed by atoms with Gasteiger partial charge in [0.2, 0.25) is 0 Å². The molecule has 35 heavy (non-hydrogen) atoms. The lowest BCUT2D eigenvalue weighted by molar-refractivity contribution is -0.00866. The van der Waals surface area contributed by atoms with Crippen molar-refractivity contribution in [3.05, 3.63) is 35.6 Å². The smallest absolute Gasteiger partial charge is 0.410 e. The van der Waals surface area contributed by atoms with Crippen LogP contribution in [0.4, 0.5) is 9.18 Å². The average molecular weight is 511 g/mol. The van der Waals surface area contributed by atoms with Crippen LogP contribution in [0.5, 0.6) is 0 Å². The molecule has 2 fully saturated rings. The number of methoxy groups -OCH3 is 1. The molecule has 1 N–H and O–H groups in total. The first-order valence-electron chi connectivity index (χ1n) is 12.0. The van der Waals surface area contributed by atoms with Crippen LogP contribution in [0.2, 0.25) is 0 Å². The van der Waals surface area contributed by atoms with Gasteiger partial charge in [0.15, 0.2) is 0 Å². The maximum absolute atomic E-state index is 13.6. The predicted molar refractivity (Wildman–Crippen MR) is 128 cm³/mol. The van der Waals surface area contributed by atoms with Gasteiger partial charge >= 0.3 is 6.09 Å². The molecule has 1 saturated carbocycles. The molecule has 0 spiro atoms. The van der Waals surface area contributed by atoms with Crippen molar-refractivity contribution in [2.24, 2.45) is 0 Å². The van der Waals surface area contributed by atoms with E-state index in [2.05, 4.69) is 4.72 Å². The summed E-state index contributed by atoms with van der Waals surface area (Å²) in [5, 5.41) is 8.77. The van der Waals surface area contributed by atoms with Crippen molar-refractivity contribution in [2.45, 2.75) is 75.6 Å². The molecule has 0 radical (unpaired) electrons. The first-order chi connectivity index (χ1) is 16.7. The SMILES string of the molecule is COC(=O)N1[C@H](C)C[C@H](NS(=O)(=O)N(C)CCC#N)[C@@H]1COC1CCC(c2cccc(F)c2)CC1. The third-order valence-electron chi connectivity index (χ3n) is 7.02. The highest BCUT2D eigenvalue weighted by molar-refractivity contribution is 7.87. The number of carbonyl (C=O) groups excluding carboxylic acids is 1. The molecule has 1 amide bonds. The van der Waals surface area contributed by atoms with Crippen molar-refractivity contribution in [2.75, 3.05) is 27.3 Å². The summed E-state index contributed by atoms with van der Waals surface area (Å²) in [6.07, 6.45) is 3.29. The number of nitriles is 1. The number of likely N-dealkylation sites (tertiary alicyclic amines) is 1. The molecule has 2 aliphatic rings. The van der Waals surface area contributed by atoms with Crippen LogP contribution in [0, 0.1) is 17.1 Å². The molecule has 0 unspecified atom stereocenters. The minimum absolute atomic E-state index is 0.0224. The third kappa shape index (κ3) is 6.91. The quantitative estimate of drug-likeness (QED) is 0.546. The Balaban J connectivity index is 1.63. The topological polar surface area (TPSA) is 112 Å². The molecule has 1 aromatic rings. The minimum atomic E-state index is -3.85. The molecule has 0 aromatic heterocycles. The first kappa shape index (κ1) is 27.3. The average Bonchev–Trinajstić information content (AvgIpc) is 3.14. The zero-order chi connectivity index (χ0) is 25.6. The first-order valence-corrected chi connectivity index (χ1v) is 13.4. The summed E-state index contributed by atoms with van der Waals surface area (Å²) in [5.41, 5.74) is 1.000. The molecular weight excluding hydrogens is 475 g/mol. The Bertz CT molecular complexity index is 1010. The molecule has 194 valence electrons. The molecule has 1 aromatic carbocycles. The summed E-state index contributed by atoms with van der Waals surface area (Å²) in [7, 11) is -1.13. The second kappa shape index (κ2) is 12.1. The molecule has 1 aliphatic heterocycles. The van der Waals surface area contributed by atoms with E-state index in [0.29, 0.717) is 6.42 Å². The van der Waals surface area contributed by atoms with Crippen LogP contribution in [0.3, 0.4) is 0 Å². The predicted octanol–water partition coefficient (Wildman–Crippen LogP) is 3.15. The van der Waals surface area contributed by atoms with Gasteiger partial charge in [-0.25, -0.2) is 9.18 Å². The van der Waals surface area contributed by atoms with Gasteiger partial charge in [0.1, 0.15) is 5.82 Å². The van der Waals surface area contributed by atoms with E-state index in [1.807, 2.05) is 19.1 Å². The molecule has 1 saturated heterocycles. The molecular formula is C24H35FN4O5S. The van der Waals surface area contributed by atoms with Crippen molar-refractivity contribution in [3.8, 4) is 6.07 Å². The van der Waals surface area contributed by atoms with Crippen molar-refractivity contribution in [1.82, 2.24) is 13.9 Å². The van der Waals surface area contributed by atoms with Gasteiger partial charge in [-0.3, -0.25) is 4.90 Å². The van der Waals surface area contributed by atoms with E-state index < -0.39 is 28.4 Å². The van der Waals surface area contributed by atoms with Crippen LogP contribution in [0.1, 0.15) is 56.9 Å². The summed E-state index contributed by atoms with van der Waals surface area (Å²) >= 11 is 0. The van der Waals surface area contributed by atoms with Gasteiger partial charge in [-0.15, -0.1) is 0 Å². The van der Waals surface area contributed by atoms with Gasteiger partial charge in [0.25, 0.3) is 10.2 Å². The van der Waals surface area contributed by atoms with E-state index in [0.717, 1.165) is 35.6 Å². The second-order valence-electron chi connectivity index (χ2n) is 9.35. The molecule has 3 rings (SSSR count). The van der Waals surface area contributed by atoms with Gasteiger partial charge < -0.3 is 9.47 Å². The standard InChI is InChI=1S/C24H35FN4O5S/c1-17-14-22(27-35(31,32)28(2)13-5-12-26)23(29(17)24(30)33-3)16-34-21-10-8-18(9-11-21)19-6-4-7-20(25)15-19/h4,6-7,15,17-18,21-23,27H,5,8-11,13-14,16H2,1-3H3/t17-,18?,21?,22+,23+/m1/s1. The lowest BCUT2D eigenvalue weighted by atomic mass is 9.82. The zero-order valence-corrected chi connectivity index (χ0v) is 21.3. The maximum Gasteiger partial charge on any atom is 0.410 e. The lowest BCUT2D eigenvalue weighted by Crippen LogP contribution is -2.52. The van der Waals surface area contributed by atoms with Gasteiger partial charge in [-0.1, -0.05) is 12.1 Å². The van der Waals surface area contributed by atoms with Crippen LogP contribution in [-0.4, -0.2) is 75.3 Å². The van der Waals surface area contributed by atoms with Crippen molar-refractivity contribution in [3.63, 3.8) is 0 Å². The fourth-order valence-electron chi connectivity index (χ4n) is 5.07. The van der Waals surface area contributed by atoms with E-state index >= 15 is 0 Å². The second-order valence-corrected chi connectivity index (χ2v) is 11.2. The molecule has 0 bridgehead atoms. The van der Waals surface area contributed by atoms with E-state index in [4.69, 9.17) is 14.7 Å². The van der Waals surface area contributed by atoms with Crippen molar-refractivity contribution in [1.29, 1.82) is 5.26 Å². The van der Waals surface area contributed by atoms with Gasteiger partial charge in [0, 0.05) is 32.1 Å². The minimum Gasteiger partial charge on any atom is -0.453 e. The highest BCUT2D eigenvalue weighted by atomic mass is 32.2. The van der Waals surface area contributed by atoms with E-state index in [1.165, 1.54) is 20.2 Å². The lowest BCUT2D eigenvalue weighted by Gasteiger charge is -2.33. The van der Waals surface area contributed by atoms with E-state index in [9.17, 15) is 17.6 Å². The van der Waals surface area contributed by atoms with Crippen LogP contribution in [0.15, 0.2) is 24.3 Å². The largest absolute Gasteiger partial charge is 0.453 e. The van der Waals surface area contributed by atoms with Crippen molar-refractivity contribution < 1.29 is 27.1 Å². The van der Waals surface area contributed by atoms with Crippen LogP contribution in [-0.2, 0) is 19.7 Å². The number of nitrogens with one attached hydrogen (secondary N) is 1. The zero-order valence-electron chi connectivity index (χ0n) is 20.5.